The van der Waals surface area contributed by atoms with Gasteiger partial charge >= 0.3 is 0 Å². The molecule has 0 aliphatic heterocycles. The molecule has 1 aromatic heterocycles. The van der Waals surface area contributed by atoms with Gasteiger partial charge in [0.15, 0.2) is 0 Å². The molecule has 1 heterocycles. The van der Waals surface area contributed by atoms with Gasteiger partial charge in [0.1, 0.15) is 12.1 Å². The largest absolute Gasteiger partial charge is 0.389 e. The smallest absolute Gasteiger partial charge is 0.135 e. The first kappa shape index (κ1) is 12.3. The zero-order chi connectivity index (χ0) is 12.5. The summed E-state index contributed by atoms with van der Waals surface area (Å²) in [5, 5.41) is 9.87. The maximum Gasteiger partial charge on any atom is 0.135 e. The monoisotopic (exact) mass is 235 g/mol. The SMILES string of the molecule is CN(CC(C)(C)O)c1ncnc2c1CCCC2. The lowest BCUT2D eigenvalue weighted by Crippen LogP contribution is -2.37. The Morgan fingerprint density at radius 1 is 1.29 bits per heavy atom. The van der Waals surface area contributed by atoms with Gasteiger partial charge in [-0.25, -0.2) is 9.97 Å². The Morgan fingerprint density at radius 2 is 2.00 bits per heavy atom. The highest BCUT2D eigenvalue weighted by Crippen LogP contribution is 2.26. The fourth-order valence-electron chi connectivity index (χ4n) is 2.49. The van der Waals surface area contributed by atoms with Crippen molar-refractivity contribution in [2.75, 3.05) is 18.5 Å². The summed E-state index contributed by atoms with van der Waals surface area (Å²) < 4.78 is 0. The van der Waals surface area contributed by atoms with E-state index in [0.29, 0.717) is 6.54 Å². The molecule has 94 valence electrons. The Hall–Kier alpha value is -1.16. The maximum atomic E-state index is 9.87. The molecule has 1 N–H and O–H groups in total. The first-order valence-corrected chi connectivity index (χ1v) is 6.23. The average Bonchev–Trinajstić information content (AvgIpc) is 2.26. The first-order chi connectivity index (χ1) is 7.97. The van der Waals surface area contributed by atoms with Crippen molar-refractivity contribution < 1.29 is 5.11 Å². The number of hydrogen-bond donors (Lipinski definition) is 1. The van der Waals surface area contributed by atoms with E-state index in [1.807, 2.05) is 25.8 Å². The third-order valence-electron chi connectivity index (χ3n) is 3.09. The summed E-state index contributed by atoms with van der Waals surface area (Å²) in [6.45, 7) is 4.21. The van der Waals surface area contributed by atoms with Crippen molar-refractivity contribution >= 4 is 5.82 Å². The van der Waals surface area contributed by atoms with Crippen molar-refractivity contribution in [2.45, 2.75) is 45.1 Å². The van der Waals surface area contributed by atoms with Crippen LogP contribution in [0.2, 0.25) is 0 Å². The molecule has 0 unspecified atom stereocenters. The van der Waals surface area contributed by atoms with Gasteiger partial charge in [-0.1, -0.05) is 0 Å². The lowest BCUT2D eigenvalue weighted by Gasteiger charge is -2.29. The molecule has 0 aromatic carbocycles. The minimum Gasteiger partial charge on any atom is -0.389 e. The van der Waals surface area contributed by atoms with Gasteiger partial charge in [-0.05, 0) is 39.5 Å². The number of likely N-dealkylation sites (N-methyl/N-ethyl adjacent to an activating group) is 1. The molecule has 4 nitrogen and oxygen atoms in total. The van der Waals surface area contributed by atoms with Gasteiger partial charge in [-0.2, -0.15) is 0 Å². The molecule has 1 aliphatic rings. The van der Waals surface area contributed by atoms with E-state index < -0.39 is 5.60 Å². The molecule has 0 amide bonds. The van der Waals surface area contributed by atoms with Crippen LogP contribution < -0.4 is 4.90 Å². The standard InChI is InChI=1S/C13H21N3O/c1-13(2,17)8-16(3)12-10-6-4-5-7-11(10)14-9-15-12/h9,17H,4-8H2,1-3H3. The minimum atomic E-state index is -0.707. The molecule has 17 heavy (non-hydrogen) atoms. The van der Waals surface area contributed by atoms with Crippen molar-refractivity contribution in [1.29, 1.82) is 0 Å². The second kappa shape index (κ2) is 4.61. The van der Waals surface area contributed by atoms with Crippen molar-refractivity contribution in [2.24, 2.45) is 0 Å². The molecule has 0 atom stereocenters. The molecular formula is C13H21N3O. The number of anilines is 1. The van der Waals surface area contributed by atoms with Gasteiger partial charge in [0.25, 0.3) is 0 Å². The summed E-state index contributed by atoms with van der Waals surface area (Å²) in [4.78, 5) is 10.8. The average molecular weight is 235 g/mol. The molecule has 4 heteroatoms. The summed E-state index contributed by atoms with van der Waals surface area (Å²) in [7, 11) is 1.98. The van der Waals surface area contributed by atoms with Crippen LogP contribution in [0.5, 0.6) is 0 Å². The van der Waals surface area contributed by atoms with Gasteiger partial charge in [-0.3, -0.25) is 0 Å². The van der Waals surface area contributed by atoms with E-state index in [1.54, 1.807) is 6.33 Å². The maximum absolute atomic E-state index is 9.87. The third-order valence-corrected chi connectivity index (χ3v) is 3.09. The number of hydrogen-bond acceptors (Lipinski definition) is 4. The summed E-state index contributed by atoms with van der Waals surface area (Å²) in [6, 6.07) is 0. The Kier molecular flexibility index (Phi) is 3.33. The molecule has 0 radical (unpaired) electrons. The Balaban J connectivity index is 2.26. The van der Waals surface area contributed by atoms with Crippen LogP contribution in [-0.2, 0) is 12.8 Å². The summed E-state index contributed by atoms with van der Waals surface area (Å²) in [6.07, 6.45) is 6.19. The van der Waals surface area contributed by atoms with Crippen LogP contribution in [0.3, 0.4) is 0 Å². The molecule has 2 rings (SSSR count). The highest BCUT2D eigenvalue weighted by Gasteiger charge is 2.21. The van der Waals surface area contributed by atoms with Crippen LogP contribution in [0, 0.1) is 0 Å². The van der Waals surface area contributed by atoms with Crippen molar-refractivity contribution in [3.05, 3.63) is 17.6 Å². The quantitative estimate of drug-likeness (QED) is 0.864. The normalized spacial score (nSPS) is 15.5. The molecular weight excluding hydrogens is 214 g/mol. The lowest BCUT2D eigenvalue weighted by molar-refractivity contribution is 0.0884. The van der Waals surface area contributed by atoms with Crippen LogP contribution in [0.1, 0.15) is 37.9 Å². The number of rotatable bonds is 3. The molecule has 1 aromatic rings. The van der Waals surface area contributed by atoms with E-state index in [2.05, 4.69) is 9.97 Å². The first-order valence-electron chi connectivity index (χ1n) is 6.23. The predicted molar refractivity (Wildman–Crippen MR) is 68.2 cm³/mol. The molecule has 0 saturated carbocycles. The number of aromatic nitrogens is 2. The van der Waals surface area contributed by atoms with Crippen LogP contribution >= 0.6 is 0 Å². The van der Waals surface area contributed by atoms with Crippen LogP contribution in [0.25, 0.3) is 0 Å². The number of aryl methyl sites for hydroxylation is 1. The minimum absolute atomic E-state index is 0.580. The number of nitrogens with zero attached hydrogens (tertiary/aromatic N) is 3. The molecule has 0 saturated heterocycles. The zero-order valence-electron chi connectivity index (χ0n) is 10.9. The van der Waals surface area contributed by atoms with E-state index in [4.69, 9.17) is 0 Å². The van der Waals surface area contributed by atoms with Crippen LogP contribution in [0.4, 0.5) is 5.82 Å². The fraction of sp³-hybridized carbons (Fsp3) is 0.692. The second-order valence-electron chi connectivity index (χ2n) is 5.50. The van der Waals surface area contributed by atoms with E-state index in [-0.39, 0.29) is 0 Å². The van der Waals surface area contributed by atoms with Gasteiger partial charge in [-0.15, -0.1) is 0 Å². The van der Waals surface area contributed by atoms with E-state index >= 15 is 0 Å². The van der Waals surface area contributed by atoms with Crippen LogP contribution in [-0.4, -0.2) is 34.3 Å². The van der Waals surface area contributed by atoms with Gasteiger partial charge < -0.3 is 10.0 Å². The highest BCUT2D eigenvalue weighted by molar-refractivity contribution is 5.49. The molecule has 0 spiro atoms. The van der Waals surface area contributed by atoms with E-state index in [0.717, 1.165) is 18.7 Å². The lowest BCUT2D eigenvalue weighted by atomic mass is 9.96. The molecule has 0 fully saturated rings. The van der Waals surface area contributed by atoms with Gasteiger partial charge in [0.2, 0.25) is 0 Å². The summed E-state index contributed by atoms with van der Waals surface area (Å²) >= 11 is 0. The van der Waals surface area contributed by atoms with E-state index in [9.17, 15) is 5.11 Å². The number of aliphatic hydroxyl groups is 1. The summed E-state index contributed by atoms with van der Waals surface area (Å²) in [5.74, 6) is 0.983. The molecule has 0 bridgehead atoms. The number of fused-ring (bicyclic) bond motifs is 1. The Morgan fingerprint density at radius 3 is 2.71 bits per heavy atom. The summed E-state index contributed by atoms with van der Waals surface area (Å²) in [5.41, 5.74) is 1.75. The van der Waals surface area contributed by atoms with Gasteiger partial charge in [0.05, 0.1) is 5.60 Å². The molecule has 1 aliphatic carbocycles. The van der Waals surface area contributed by atoms with Gasteiger partial charge in [0, 0.05) is 24.8 Å². The topological polar surface area (TPSA) is 49.2 Å². The van der Waals surface area contributed by atoms with Crippen molar-refractivity contribution in [3.63, 3.8) is 0 Å². The van der Waals surface area contributed by atoms with E-state index in [1.165, 1.54) is 24.1 Å². The third kappa shape index (κ3) is 2.94. The Labute approximate surface area is 103 Å². The highest BCUT2D eigenvalue weighted by atomic mass is 16.3. The van der Waals surface area contributed by atoms with Crippen LogP contribution in [0.15, 0.2) is 6.33 Å². The fourth-order valence-corrected chi connectivity index (χ4v) is 2.49. The second-order valence-corrected chi connectivity index (χ2v) is 5.50. The predicted octanol–water partition coefficient (Wildman–Crippen LogP) is 1.56. The Bertz CT molecular complexity index is 398. The van der Waals surface area contributed by atoms with Crippen molar-refractivity contribution in [1.82, 2.24) is 9.97 Å². The van der Waals surface area contributed by atoms with Crippen molar-refractivity contribution in [3.8, 4) is 0 Å². The zero-order valence-corrected chi connectivity index (χ0v) is 10.9.